The third-order valence-electron chi connectivity index (χ3n) is 0.359. The van der Waals surface area contributed by atoms with Crippen molar-refractivity contribution in [2.24, 2.45) is 0 Å². The van der Waals surface area contributed by atoms with Crippen LogP contribution in [0.4, 0.5) is 0 Å². The minimum Gasteiger partial charge on any atom is -0.321 e. The first-order valence-corrected chi connectivity index (χ1v) is 3.42. The first-order valence-electron chi connectivity index (χ1n) is 1.74. The van der Waals surface area contributed by atoms with Gasteiger partial charge in [0.25, 0.3) is 0 Å². The Kier molecular flexibility index (Phi) is 2.62. The highest BCUT2D eigenvalue weighted by atomic mass is 31.2. The molecular formula is C3H5O4P. The van der Waals surface area contributed by atoms with Gasteiger partial charge in [0.2, 0.25) is 0 Å². The van der Waals surface area contributed by atoms with E-state index in [0.717, 1.165) is 6.08 Å². The van der Waals surface area contributed by atoms with Gasteiger partial charge in [0.15, 0.2) is 0 Å². The first kappa shape index (κ1) is 7.56. The van der Waals surface area contributed by atoms with Crippen LogP contribution in [0.15, 0.2) is 11.9 Å². The molecule has 0 saturated carbocycles. The monoisotopic (exact) mass is 136 g/mol. The summed E-state index contributed by atoms with van der Waals surface area (Å²) in [5, 5.41) is 0. The van der Waals surface area contributed by atoms with E-state index in [-0.39, 0.29) is 0 Å². The summed E-state index contributed by atoms with van der Waals surface area (Å²) in [6.45, 7) is 0. The summed E-state index contributed by atoms with van der Waals surface area (Å²) in [5.41, 5.74) is 0. The molecule has 0 atom stereocenters. The van der Waals surface area contributed by atoms with Crippen molar-refractivity contribution >= 4 is 13.9 Å². The number of aldehydes is 1. The highest BCUT2D eigenvalue weighted by Gasteiger charge is 2.03. The molecule has 0 heterocycles. The first-order chi connectivity index (χ1) is 3.56. The Balaban J connectivity index is 3.89. The largest absolute Gasteiger partial charge is 0.349 e. The number of rotatable bonds is 2. The second kappa shape index (κ2) is 2.77. The van der Waals surface area contributed by atoms with Crippen molar-refractivity contribution in [1.29, 1.82) is 0 Å². The highest BCUT2D eigenvalue weighted by molar-refractivity contribution is 7.55. The number of carbonyl (C=O) groups is 1. The van der Waals surface area contributed by atoms with Crippen LogP contribution >= 0.6 is 7.60 Å². The molecule has 0 bridgehead atoms. The fourth-order valence-electron chi connectivity index (χ4n) is 0.147. The molecule has 0 aliphatic heterocycles. The van der Waals surface area contributed by atoms with Crippen LogP contribution in [0.3, 0.4) is 0 Å². The standard InChI is InChI=1S/C3H5O4P/c4-2-1-3-8(5,6)7/h1-3H,(H2,5,6,7). The zero-order chi connectivity index (χ0) is 6.62. The molecule has 0 rings (SSSR count). The Bertz CT molecular complexity index is 143. The summed E-state index contributed by atoms with van der Waals surface area (Å²) in [4.78, 5) is 25.4. The summed E-state index contributed by atoms with van der Waals surface area (Å²) in [6, 6.07) is 0. The van der Waals surface area contributed by atoms with E-state index in [4.69, 9.17) is 9.79 Å². The van der Waals surface area contributed by atoms with Crippen molar-refractivity contribution in [3.05, 3.63) is 11.9 Å². The molecule has 0 aliphatic carbocycles. The lowest BCUT2D eigenvalue weighted by atomic mass is 10.7. The quantitative estimate of drug-likeness (QED) is 0.315. The maximum Gasteiger partial charge on any atom is 0.349 e. The minimum atomic E-state index is -4.09. The van der Waals surface area contributed by atoms with Gasteiger partial charge in [-0.3, -0.25) is 9.36 Å². The van der Waals surface area contributed by atoms with Gasteiger partial charge in [-0.15, -0.1) is 0 Å². The van der Waals surface area contributed by atoms with E-state index in [1.54, 1.807) is 0 Å². The zero-order valence-electron chi connectivity index (χ0n) is 3.89. The van der Waals surface area contributed by atoms with Crippen LogP contribution in [-0.4, -0.2) is 16.1 Å². The van der Waals surface area contributed by atoms with Crippen LogP contribution in [0, 0.1) is 0 Å². The second-order valence-corrected chi connectivity index (χ2v) is 2.54. The van der Waals surface area contributed by atoms with E-state index < -0.39 is 7.60 Å². The summed E-state index contributed by atoms with van der Waals surface area (Å²) in [7, 11) is -4.09. The predicted octanol–water partition coefficient (Wildman–Crippen LogP) is -0.123. The lowest BCUT2D eigenvalue weighted by Gasteiger charge is -1.89. The number of hydrogen-bond donors (Lipinski definition) is 2. The van der Waals surface area contributed by atoms with Gasteiger partial charge in [0.1, 0.15) is 6.29 Å². The molecule has 0 aromatic carbocycles. The van der Waals surface area contributed by atoms with Crippen molar-refractivity contribution in [2.75, 3.05) is 0 Å². The predicted molar refractivity (Wildman–Crippen MR) is 27.2 cm³/mol. The fraction of sp³-hybridized carbons (Fsp3) is 0. The van der Waals surface area contributed by atoms with Gasteiger partial charge in [-0.1, -0.05) is 0 Å². The summed E-state index contributed by atoms with van der Waals surface area (Å²) in [5.74, 6) is 0.542. The lowest BCUT2D eigenvalue weighted by Crippen LogP contribution is -1.68. The summed E-state index contributed by atoms with van der Waals surface area (Å²) < 4.78 is 9.84. The van der Waals surface area contributed by atoms with Gasteiger partial charge in [-0.25, -0.2) is 0 Å². The lowest BCUT2D eigenvalue weighted by molar-refractivity contribution is -0.104. The molecule has 0 fully saturated rings. The van der Waals surface area contributed by atoms with Crippen molar-refractivity contribution in [3.63, 3.8) is 0 Å². The van der Waals surface area contributed by atoms with Gasteiger partial charge in [-0.05, 0) is 6.08 Å². The van der Waals surface area contributed by atoms with Crippen LogP contribution in [0.1, 0.15) is 0 Å². The molecule has 0 saturated heterocycles. The minimum absolute atomic E-state index is 0.305. The van der Waals surface area contributed by atoms with E-state index >= 15 is 0 Å². The molecule has 0 aromatic rings. The van der Waals surface area contributed by atoms with E-state index in [1.807, 2.05) is 0 Å². The van der Waals surface area contributed by atoms with Gasteiger partial charge < -0.3 is 9.79 Å². The maximum atomic E-state index is 9.84. The molecule has 0 aliphatic rings. The molecule has 8 heavy (non-hydrogen) atoms. The van der Waals surface area contributed by atoms with Crippen molar-refractivity contribution in [1.82, 2.24) is 0 Å². The Hall–Kier alpha value is -0.440. The Morgan fingerprint density at radius 3 is 2.00 bits per heavy atom. The normalized spacial score (nSPS) is 12.2. The van der Waals surface area contributed by atoms with E-state index in [0.29, 0.717) is 12.1 Å². The van der Waals surface area contributed by atoms with Crippen LogP contribution in [0.2, 0.25) is 0 Å². The SMILES string of the molecule is O=CC=CP(=O)(O)O. The molecule has 4 nitrogen and oxygen atoms in total. The summed E-state index contributed by atoms with van der Waals surface area (Å²) >= 11 is 0. The third-order valence-corrected chi connectivity index (χ3v) is 0.919. The third kappa shape index (κ3) is 5.56. The van der Waals surface area contributed by atoms with E-state index in [2.05, 4.69) is 0 Å². The second-order valence-electron chi connectivity index (χ2n) is 1.07. The maximum absolute atomic E-state index is 9.84. The molecule has 0 spiro atoms. The highest BCUT2D eigenvalue weighted by Crippen LogP contribution is 2.35. The molecule has 5 heteroatoms. The van der Waals surface area contributed by atoms with Crippen molar-refractivity contribution in [2.45, 2.75) is 0 Å². The number of hydrogen-bond acceptors (Lipinski definition) is 2. The van der Waals surface area contributed by atoms with Gasteiger partial charge in [0, 0.05) is 5.82 Å². The molecule has 0 unspecified atom stereocenters. The molecule has 46 valence electrons. The van der Waals surface area contributed by atoms with Crippen molar-refractivity contribution < 1.29 is 19.1 Å². The average molecular weight is 136 g/mol. The van der Waals surface area contributed by atoms with E-state index in [9.17, 15) is 9.36 Å². The zero-order valence-corrected chi connectivity index (χ0v) is 4.78. The molecule has 2 N–H and O–H groups in total. The Morgan fingerprint density at radius 2 is 1.88 bits per heavy atom. The molecule has 0 aromatic heterocycles. The topological polar surface area (TPSA) is 74.6 Å². The van der Waals surface area contributed by atoms with Crippen molar-refractivity contribution in [3.8, 4) is 0 Å². The molecule has 0 radical (unpaired) electrons. The average Bonchev–Trinajstić information content (AvgIpc) is 1.59. The van der Waals surface area contributed by atoms with E-state index in [1.165, 1.54) is 0 Å². The van der Waals surface area contributed by atoms with Crippen LogP contribution in [-0.2, 0) is 9.36 Å². The van der Waals surface area contributed by atoms with Crippen LogP contribution < -0.4 is 0 Å². The Morgan fingerprint density at radius 1 is 1.38 bits per heavy atom. The van der Waals surface area contributed by atoms with Gasteiger partial charge in [-0.2, -0.15) is 0 Å². The van der Waals surface area contributed by atoms with Crippen LogP contribution in [0.25, 0.3) is 0 Å². The van der Waals surface area contributed by atoms with Gasteiger partial charge in [0.05, 0.1) is 0 Å². The summed E-state index contributed by atoms with van der Waals surface area (Å²) in [6.07, 6.45) is 1.07. The fourth-order valence-corrected chi connectivity index (χ4v) is 0.442. The number of allylic oxidation sites excluding steroid dienone is 1. The van der Waals surface area contributed by atoms with Crippen LogP contribution in [0.5, 0.6) is 0 Å². The van der Waals surface area contributed by atoms with Gasteiger partial charge >= 0.3 is 7.60 Å². The smallest absolute Gasteiger partial charge is 0.321 e. The molecular weight excluding hydrogens is 131 g/mol. The molecule has 0 amide bonds. The number of carbonyl (C=O) groups excluding carboxylic acids is 1. The Labute approximate surface area is 46.0 Å².